The first-order valence-electron chi connectivity index (χ1n) is 6.90. The van der Waals surface area contributed by atoms with Crippen molar-refractivity contribution in [1.29, 1.82) is 0 Å². The van der Waals surface area contributed by atoms with Crippen LogP contribution in [-0.4, -0.2) is 30.6 Å². The summed E-state index contributed by atoms with van der Waals surface area (Å²) in [7, 11) is 0. The van der Waals surface area contributed by atoms with Crippen LogP contribution in [0.4, 0.5) is 5.69 Å². The molecule has 17 heavy (non-hydrogen) atoms. The molecule has 2 heteroatoms. The Bertz CT molecular complexity index is 341. The van der Waals surface area contributed by atoms with Gasteiger partial charge in [-0.3, -0.25) is 0 Å². The van der Waals surface area contributed by atoms with Gasteiger partial charge >= 0.3 is 0 Å². The molecule has 1 aliphatic rings. The van der Waals surface area contributed by atoms with Gasteiger partial charge in [0.15, 0.2) is 0 Å². The smallest absolute Gasteiger partial charge is 0.0374 e. The third kappa shape index (κ3) is 3.22. The Morgan fingerprint density at radius 1 is 1.18 bits per heavy atom. The Morgan fingerprint density at radius 3 is 2.53 bits per heavy atom. The maximum atomic E-state index is 3.72. The molecule has 1 heterocycles. The average Bonchev–Trinajstić information content (AvgIpc) is 2.40. The number of anilines is 1. The second kappa shape index (κ2) is 6.06. The zero-order valence-electron chi connectivity index (χ0n) is 11.1. The summed E-state index contributed by atoms with van der Waals surface area (Å²) < 4.78 is 0. The van der Waals surface area contributed by atoms with Gasteiger partial charge in [-0.1, -0.05) is 32.0 Å². The van der Waals surface area contributed by atoms with Crippen LogP contribution in [0.5, 0.6) is 0 Å². The summed E-state index contributed by atoms with van der Waals surface area (Å²) in [5.41, 5.74) is 2.77. The summed E-state index contributed by atoms with van der Waals surface area (Å²) in [4.78, 5) is 2.53. The maximum Gasteiger partial charge on any atom is 0.0374 e. The summed E-state index contributed by atoms with van der Waals surface area (Å²) in [5, 5.41) is 3.72. The van der Waals surface area contributed by atoms with Crippen molar-refractivity contribution in [3.05, 3.63) is 29.8 Å². The number of rotatable bonds is 4. The highest BCUT2D eigenvalue weighted by molar-refractivity contribution is 5.51. The SMILES string of the molecule is CCc1ccccc1NC1CCN(CC)CC1. The van der Waals surface area contributed by atoms with Gasteiger partial charge in [0.1, 0.15) is 0 Å². The number of hydrogen-bond acceptors (Lipinski definition) is 2. The summed E-state index contributed by atoms with van der Waals surface area (Å²) in [5.74, 6) is 0. The molecular formula is C15H24N2. The quantitative estimate of drug-likeness (QED) is 0.858. The molecule has 0 spiro atoms. The highest BCUT2D eigenvalue weighted by atomic mass is 15.1. The van der Waals surface area contributed by atoms with Gasteiger partial charge in [0, 0.05) is 24.8 Å². The molecule has 0 atom stereocenters. The molecule has 1 saturated heterocycles. The Kier molecular flexibility index (Phi) is 4.43. The lowest BCUT2D eigenvalue weighted by Crippen LogP contribution is -2.38. The number of para-hydroxylation sites is 1. The van der Waals surface area contributed by atoms with E-state index in [0.29, 0.717) is 6.04 Å². The fourth-order valence-corrected chi connectivity index (χ4v) is 2.58. The number of piperidine rings is 1. The second-order valence-corrected chi connectivity index (χ2v) is 4.86. The minimum absolute atomic E-state index is 0.658. The molecule has 0 aliphatic carbocycles. The van der Waals surface area contributed by atoms with Gasteiger partial charge in [-0.2, -0.15) is 0 Å². The summed E-state index contributed by atoms with van der Waals surface area (Å²) in [6.45, 7) is 8.14. The molecule has 0 amide bonds. The number of nitrogens with zero attached hydrogens (tertiary/aromatic N) is 1. The second-order valence-electron chi connectivity index (χ2n) is 4.86. The first-order valence-corrected chi connectivity index (χ1v) is 6.90. The van der Waals surface area contributed by atoms with Gasteiger partial charge in [0.2, 0.25) is 0 Å². The van der Waals surface area contributed by atoms with Crippen molar-refractivity contribution < 1.29 is 0 Å². The van der Waals surface area contributed by atoms with E-state index in [9.17, 15) is 0 Å². The van der Waals surface area contributed by atoms with Crippen LogP contribution >= 0.6 is 0 Å². The molecule has 1 fully saturated rings. The van der Waals surface area contributed by atoms with Crippen LogP contribution in [0.2, 0.25) is 0 Å². The summed E-state index contributed by atoms with van der Waals surface area (Å²) in [6, 6.07) is 9.35. The van der Waals surface area contributed by atoms with Crippen LogP contribution < -0.4 is 5.32 Å². The molecule has 0 radical (unpaired) electrons. The largest absolute Gasteiger partial charge is 0.382 e. The number of aryl methyl sites for hydroxylation is 1. The topological polar surface area (TPSA) is 15.3 Å². The Hall–Kier alpha value is -1.02. The van der Waals surface area contributed by atoms with Crippen molar-refractivity contribution in [2.75, 3.05) is 25.0 Å². The monoisotopic (exact) mass is 232 g/mol. The molecular weight excluding hydrogens is 208 g/mol. The van der Waals surface area contributed by atoms with E-state index >= 15 is 0 Å². The molecule has 1 N–H and O–H groups in total. The van der Waals surface area contributed by atoms with E-state index < -0.39 is 0 Å². The minimum Gasteiger partial charge on any atom is -0.382 e. The van der Waals surface area contributed by atoms with Crippen molar-refractivity contribution in [2.24, 2.45) is 0 Å². The van der Waals surface area contributed by atoms with E-state index in [4.69, 9.17) is 0 Å². The third-order valence-electron chi connectivity index (χ3n) is 3.79. The molecule has 2 rings (SSSR count). The standard InChI is InChI=1S/C15H24N2/c1-3-13-7-5-6-8-15(13)16-14-9-11-17(4-2)12-10-14/h5-8,14,16H,3-4,9-12H2,1-2H3. The first kappa shape index (κ1) is 12.4. The molecule has 1 aliphatic heterocycles. The van der Waals surface area contributed by atoms with Gasteiger partial charge in [-0.15, -0.1) is 0 Å². The van der Waals surface area contributed by atoms with Crippen LogP contribution in [0.3, 0.4) is 0 Å². The van der Waals surface area contributed by atoms with E-state index in [-0.39, 0.29) is 0 Å². The van der Waals surface area contributed by atoms with Crippen molar-refractivity contribution in [3.8, 4) is 0 Å². The zero-order valence-corrected chi connectivity index (χ0v) is 11.1. The normalized spacial score (nSPS) is 18.2. The average molecular weight is 232 g/mol. The minimum atomic E-state index is 0.658. The first-order chi connectivity index (χ1) is 8.33. The van der Waals surface area contributed by atoms with Crippen LogP contribution in [0.25, 0.3) is 0 Å². The fraction of sp³-hybridized carbons (Fsp3) is 0.600. The van der Waals surface area contributed by atoms with Gasteiger partial charge in [0.05, 0.1) is 0 Å². The van der Waals surface area contributed by atoms with E-state index in [1.165, 1.54) is 43.7 Å². The summed E-state index contributed by atoms with van der Waals surface area (Å²) in [6.07, 6.45) is 3.65. The van der Waals surface area contributed by atoms with Crippen molar-refractivity contribution >= 4 is 5.69 Å². The summed E-state index contributed by atoms with van der Waals surface area (Å²) >= 11 is 0. The number of likely N-dealkylation sites (tertiary alicyclic amines) is 1. The van der Waals surface area contributed by atoms with E-state index in [0.717, 1.165) is 6.42 Å². The van der Waals surface area contributed by atoms with Crippen LogP contribution in [0.15, 0.2) is 24.3 Å². The predicted octanol–water partition coefficient (Wildman–Crippen LogP) is 3.15. The lowest BCUT2D eigenvalue weighted by molar-refractivity contribution is 0.229. The highest BCUT2D eigenvalue weighted by Crippen LogP contribution is 2.20. The van der Waals surface area contributed by atoms with Crippen molar-refractivity contribution in [1.82, 2.24) is 4.90 Å². The third-order valence-corrected chi connectivity index (χ3v) is 3.79. The molecule has 1 aromatic rings. The van der Waals surface area contributed by atoms with Crippen molar-refractivity contribution in [3.63, 3.8) is 0 Å². The molecule has 2 nitrogen and oxygen atoms in total. The zero-order chi connectivity index (χ0) is 12.1. The van der Waals surface area contributed by atoms with E-state index in [1.807, 2.05) is 0 Å². The number of nitrogens with one attached hydrogen (secondary N) is 1. The predicted molar refractivity (Wildman–Crippen MR) is 74.6 cm³/mol. The fourth-order valence-electron chi connectivity index (χ4n) is 2.58. The van der Waals surface area contributed by atoms with Gasteiger partial charge in [0.25, 0.3) is 0 Å². The Morgan fingerprint density at radius 2 is 1.88 bits per heavy atom. The Balaban J connectivity index is 1.93. The van der Waals surface area contributed by atoms with Crippen LogP contribution in [0, 0.1) is 0 Å². The Labute approximate surface area is 105 Å². The van der Waals surface area contributed by atoms with E-state index in [2.05, 4.69) is 48.3 Å². The molecule has 0 saturated carbocycles. The highest BCUT2D eigenvalue weighted by Gasteiger charge is 2.18. The van der Waals surface area contributed by atoms with Gasteiger partial charge in [-0.25, -0.2) is 0 Å². The lowest BCUT2D eigenvalue weighted by Gasteiger charge is -2.32. The molecule has 0 aromatic heterocycles. The maximum absolute atomic E-state index is 3.72. The van der Waals surface area contributed by atoms with Gasteiger partial charge in [-0.05, 0) is 37.4 Å². The number of hydrogen-bond donors (Lipinski definition) is 1. The van der Waals surface area contributed by atoms with E-state index in [1.54, 1.807) is 0 Å². The molecule has 0 bridgehead atoms. The van der Waals surface area contributed by atoms with Crippen LogP contribution in [0.1, 0.15) is 32.3 Å². The van der Waals surface area contributed by atoms with Crippen LogP contribution in [-0.2, 0) is 6.42 Å². The number of benzene rings is 1. The van der Waals surface area contributed by atoms with Gasteiger partial charge < -0.3 is 10.2 Å². The molecule has 0 unspecified atom stereocenters. The molecule has 1 aromatic carbocycles. The lowest BCUT2D eigenvalue weighted by atomic mass is 10.0. The van der Waals surface area contributed by atoms with Crippen molar-refractivity contribution in [2.45, 2.75) is 39.2 Å². The molecule has 94 valence electrons.